The summed E-state index contributed by atoms with van der Waals surface area (Å²) in [5, 5.41) is 2.99. The van der Waals surface area contributed by atoms with E-state index in [1.807, 2.05) is 32.0 Å². The fourth-order valence-electron chi connectivity index (χ4n) is 2.79. The Labute approximate surface area is 130 Å². The standard InChI is InChI=1S/C17H21N3O2/c1-12-7-8-15(22-12)13(2)19-17(21)14-6-5-9-18-16(14)20-10-3-4-11-20/h5-9,13H,3-4,10-11H2,1-2H3,(H,19,21)/t13-/m0/s1. The van der Waals surface area contributed by atoms with Crippen molar-refractivity contribution in [3.8, 4) is 0 Å². The van der Waals surface area contributed by atoms with Crippen molar-refractivity contribution in [1.82, 2.24) is 10.3 Å². The minimum atomic E-state index is -0.173. The lowest BCUT2D eigenvalue weighted by Crippen LogP contribution is -2.29. The molecule has 1 saturated heterocycles. The number of amides is 1. The first-order valence-corrected chi connectivity index (χ1v) is 7.72. The zero-order valence-corrected chi connectivity index (χ0v) is 13.0. The van der Waals surface area contributed by atoms with Gasteiger partial charge >= 0.3 is 0 Å². The number of carbonyl (C=O) groups is 1. The monoisotopic (exact) mass is 299 g/mol. The molecule has 0 spiro atoms. The van der Waals surface area contributed by atoms with Gasteiger partial charge in [-0.2, -0.15) is 0 Å². The van der Waals surface area contributed by atoms with E-state index in [2.05, 4.69) is 15.2 Å². The molecule has 5 heteroatoms. The summed E-state index contributed by atoms with van der Waals surface area (Å²) in [6.45, 7) is 5.74. The normalized spacial score (nSPS) is 15.8. The van der Waals surface area contributed by atoms with Gasteiger partial charge in [0.2, 0.25) is 0 Å². The van der Waals surface area contributed by atoms with Crippen molar-refractivity contribution < 1.29 is 9.21 Å². The fraction of sp³-hybridized carbons (Fsp3) is 0.412. The third kappa shape index (κ3) is 2.98. The minimum absolute atomic E-state index is 0.114. The molecule has 1 N–H and O–H groups in total. The highest BCUT2D eigenvalue weighted by molar-refractivity contribution is 5.99. The molecular weight excluding hydrogens is 278 g/mol. The largest absolute Gasteiger partial charge is 0.464 e. The predicted octanol–water partition coefficient (Wildman–Crippen LogP) is 3.07. The smallest absolute Gasteiger partial charge is 0.255 e. The molecule has 1 fully saturated rings. The van der Waals surface area contributed by atoms with Crippen LogP contribution in [-0.4, -0.2) is 24.0 Å². The van der Waals surface area contributed by atoms with Crippen molar-refractivity contribution in [1.29, 1.82) is 0 Å². The SMILES string of the molecule is Cc1ccc([C@H](C)NC(=O)c2cccnc2N2CCCC2)o1. The molecule has 3 heterocycles. The molecule has 1 aliphatic rings. The Kier molecular flexibility index (Phi) is 4.13. The van der Waals surface area contributed by atoms with Gasteiger partial charge in [-0.25, -0.2) is 4.98 Å². The van der Waals surface area contributed by atoms with Gasteiger partial charge < -0.3 is 14.6 Å². The number of anilines is 1. The Bertz CT molecular complexity index is 659. The summed E-state index contributed by atoms with van der Waals surface area (Å²) in [6, 6.07) is 7.25. The number of aromatic nitrogens is 1. The van der Waals surface area contributed by atoms with Crippen LogP contribution in [0.2, 0.25) is 0 Å². The molecule has 5 nitrogen and oxygen atoms in total. The molecule has 0 unspecified atom stereocenters. The molecule has 1 atom stereocenters. The zero-order valence-electron chi connectivity index (χ0n) is 13.0. The van der Waals surface area contributed by atoms with Crippen molar-refractivity contribution in [2.24, 2.45) is 0 Å². The van der Waals surface area contributed by atoms with Gasteiger partial charge in [-0.3, -0.25) is 4.79 Å². The number of furan rings is 1. The second kappa shape index (κ2) is 6.22. The van der Waals surface area contributed by atoms with Crippen LogP contribution in [0, 0.1) is 6.92 Å². The first kappa shape index (κ1) is 14.6. The number of nitrogens with zero attached hydrogens (tertiary/aromatic N) is 2. The molecule has 0 aliphatic carbocycles. The Morgan fingerprint density at radius 3 is 2.77 bits per heavy atom. The second-order valence-corrected chi connectivity index (χ2v) is 5.71. The number of hydrogen-bond donors (Lipinski definition) is 1. The van der Waals surface area contributed by atoms with Crippen LogP contribution < -0.4 is 10.2 Å². The molecule has 22 heavy (non-hydrogen) atoms. The highest BCUT2D eigenvalue weighted by Gasteiger charge is 2.22. The van der Waals surface area contributed by atoms with E-state index in [1.165, 1.54) is 0 Å². The van der Waals surface area contributed by atoms with Crippen LogP contribution in [-0.2, 0) is 0 Å². The van der Waals surface area contributed by atoms with Gasteiger partial charge in [0, 0.05) is 19.3 Å². The van der Waals surface area contributed by atoms with E-state index in [9.17, 15) is 4.79 Å². The average molecular weight is 299 g/mol. The van der Waals surface area contributed by atoms with Crippen molar-refractivity contribution in [3.05, 3.63) is 47.5 Å². The molecule has 116 valence electrons. The van der Waals surface area contributed by atoms with Gasteiger partial charge in [0.1, 0.15) is 17.3 Å². The molecule has 0 aromatic carbocycles. The van der Waals surface area contributed by atoms with Gasteiger partial charge in [0.15, 0.2) is 0 Å². The van der Waals surface area contributed by atoms with Crippen LogP contribution in [0.3, 0.4) is 0 Å². The molecule has 1 aliphatic heterocycles. The van der Waals surface area contributed by atoms with Gasteiger partial charge in [-0.05, 0) is 51.0 Å². The van der Waals surface area contributed by atoms with Crippen molar-refractivity contribution in [2.75, 3.05) is 18.0 Å². The molecule has 0 saturated carbocycles. The van der Waals surface area contributed by atoms with E-state index < -0.39 is 0 Å². The molecule has 1 amide bonds. The summed E-state index contributed by atoms with van der Waals surface area (Å²) in [5.74, 6) is 2.27. The maximum atomic E-state index is 12.6. The summed E-state index contributed by atoms with van der Waals surface area (Å²) in [4.78, 5) is 19.2. The lowest BCUT2D eigenvalue weighted by atomic mass is 10.2. The number of hydrogen-bond acceptors (Lipinski definition) is 4. The van der Waals surface area contributed by atoms with Crippen molar-refractivity contribution >= 4 is 11.7 Å². The lowest BCUT2D eigenvalue weighted by Gasteiger charge is -2.20. The Hall–Kier alpha value is -2.30. The molecule has 0 bridgehead atoms. The van der Waals surface area contributed by atoms with Crippen LogP contribution in [0.1, 0.15) is 47.7 Å². The zero-order chi connectivity index (χ0) is 15.5. The van der Waals surface area contributed by atoms with Crippen LogP contribution in [0.4, 0.5) is 5.82 Å². The van der Waals surface area contributed by atoms with Gasteiger partial charge in [-0.1, -0.05) is 0 Å². The number of aryl methyl sites for hydroxylation is 1. The number of rotatable bonds is 4. The number of nitrogens with one attached hydrogen (secondary N) is 1. The average Bonchev–Trinajstić information content (AvgIpc) is 3.18. The lowest BCUT2D eigenvalue weighted by molar-refractivity contribution is 0.0935. The van der Waals surface area contributed by atoms with Gasteiger partial charge in [-0.15, -0.1) is 0 Å². The van der Waals surface area contributed by atoms with Crippen molar-refractivity contribution in [3.63, 3.8) is 0 Å². The fourth-order valence-corrected chi connectivity index (χ4v) is 2.79. The first-order chi connectivity index (χ1) is 10.6. The summed E-state index contributed by atoms with van der Waals surface area (Å²) in [5.41, 5.74) is 0.625. The van der Waals surface area contributed by atoms with E-state index in [0.29, 0.717) is 5.56 Å². The third-order valence-corrected chi connectivity index (χ3v) is 3.97. The maximum Gasteiger partial charge on any atom is 0.255 e. The minimum Gasteiger partial charge on any atom is -0.464 e. The summed E-state index contributed by atoms with van der Waals surface area (Å²) in [7, 11) is 0. The maximum absolute atomic E-state index is 12.6. The van der Waals surface area contributed by atoms with E-state index in [1.54, 1.807) is 12.3 Å². The van der Waals surface area contributed by atoms with Crippen LogP contribution in [0.15, 0.2) is 34.9 Å². The number of carbonyl (C=O) groups excluding carboxylic acids is 1. The van der Waals surface area contributed by atoms with Crippen molar-refractivity contribution in [2.45, 2.75) is 32.7 Å². The summed E-state index contributed by atoms with van der Waals surface area (Å²) < 4.78 is 5.57. The quantitative estimate of drug-likeness (QED) is 0.942. The van der Waals surface area contributed by atoms with E-state index >= 15 is 0 Å². The topological polar surface area (TPSA) is 58.4 Å². The molecule has 0 radical (unpaired) electrons. The van der Waals surface area contributed by atoms with Crippen LogP contribution in [0.5, 0.6) is 0 Å². The highest BCUT2D eigenvalue weighted by atomic mass is 16.3. The van der Waals surface area contributed by atoms with E-state index in [4.69, 9.17) is 4.42 Å². The van der Waals surface area contributed by atoms with Gasteiger partial charge in [0.25, 0.3) is 5.91 Å². The van der Waals surface area contributed by atoms with E-state index in [0.717, 1.165) is 43.3 Å². The Morgan fingerprint density at radius 1 is 1.32 bits per heavy atom. The molecule has 2 aromatic rings. The second-order valence-electron chi connectivity index (χ2n) is 5.71. The van der Waals surface area contributed by atoms with E-state index in [-0.39, 0.29) is 11.9 Å². The number of pyridine rings is 1. The van der Waals surface area contributed by atoms with Gasteiger partial charge in [0.05, 0.1) is 11.6 Å². The predicted molar refractivity (Wildman–Crippen MR) is 85.0 cm³/mol. The Morgan fingerprint density at radius 2 is 2.09 bits per heavy atom. The van der Waals surface area contributed by atoms with Crippen LogP contribution in [0.25, 0.3) is 0 Å². The Balaban J connectivity index is 1.77. The first-order valence-electron chi connectivity index (χ1n) is 7.72. The molecule has 2 aromatic heterocycles. The highest BCUT2D eigenvalue weighted by Crippen LogP contribution is 2.23. The molecule has 3 rings (SSSR count). The third-order valence-electron chi connectivity index (χ3n) is 3.97. The summed E-state index contributed by atoms with van der Waals surface area (Å²) >= 11 is 0. The van der Waals surface area contributed by atoms with Crippen LogP contribution >= 0.6 is 0 Å². The molecular formula is C17H21N3O2. The summed E-state index contributed by atoms with van der Waals surface area (Å²) in [6.07, 6.45) is 4.04.